The number of allylic oxidation sites excluding steroid dienone is 3. The summed E-state index contributed by atoms with van der Waals surface area (Å²) in [6, 6.07) is 0. The smallest absolute Gasteiger partial charge is 0.183 e. The number of ketones is 2. The molecule has 0 heterocycles. The first-order valence-electron chi connectivity index (χ1n) is 3.68. The Morgan fingerprint density at radius 1 is 1.46 bits per heavy atom. The van der Waals surface area contributed by atoms with Crippen molar-refractivity contribution in [2.45, 2.75) is 6.92 Å². The van der Waals surface area contributed by atoms with Gasteiger partial charge in [-0.05, 0) is 13.0 Å². The third kappa shape index (κ3) is 1.72. The summed E-state index contributed by atoms with van der Waals surface area (Å²) in [6.45, 7) is 1.31. The van der Waals surface area contributed by atoms with Gasteiger partial charge in [0.1, 0.15) is 11.5 Å². The molecular weight excluding hydrogens is 170 g/mol. The third-order valence-corrected chi connectivity index (χ3v) is 1.67. The molecular formula is C9H9NO3. The standard InChI is InChI=1S/C9H9NO3/c1-5(11)7-3-6(12)4-8(13-2)9(7)10/h3-4,10H,1-2H3. The summed E-state index contributed by atoms with van der Waals surface area (Å²) in [7, 11) is 1.36. The molecule has 13 heavy (non-hydrogen) atoms. The molecule has 0 saturated heterocycles. The molecule has 0 aromatic rings. The van der Waals surface area contributed by atoms with Crippen molar-refractivity contribution in [1.82, 2.24) is 0 Å². The lowest BCUT2D eigenvalue weighted by molar-refractivity contribution is -0.114. The summed E-state index contributed by atoms with van der Waals surface area (Å²) in [5, 5.41) is 7.49. The van der Waals surface area contributed by atoms with Gasteiger partial charge in [0.25, 0.3) is 0 Å². The van der Waals surface area contributed by atoms with Crippen LogP contribution in [0.15, 0.2) is 23.5 Å². The Morgan fingerprint density at radius 3 is 2.54 bits per heavy atom. The maximum absolute atomic E-state index is 11.0. The Hall–Kier alpha value is -1.71. The predicted molar refractivity (Wildman–Crippen MR) is 46.6 cm³/mol. The van der Waals surface area contributed by atoms with Gasteiger partial charge in [0.05, 0.1) is 7.11 Å². The summed E-state index contributed by atoms with van der Waals surface area (Å²) >= 11 is 0. The lowest BCUT2D eigenvalue weighted by Crippen LogP contribution is -2.19. The van der Waals surface area contributed by atoms with E-state index in [0.29, 0.717) is 0 Å². The number of nitrogens with one attached hydrogen (secondary N) is 1. The van der Waals surface area contributed by atoms with Crippen molar-refractivity contribution in [2.24, 2.45) is 0 Å². The van der Waals surface area contributed by atoms with Gasteiger partial charge in [-0.1, -0.05) is 0 Å². The number of Topliss-reactive ketones (excluding diaryl/α,β-unsaturated/α-hetero) is 1. The summed E-state index contributed by atoms with van der Waals surface area (Å²) in [5.41, 5.74) is 0.0685. The van der Waals surface area contributed by atoms with Gasteiger partial charge in [-0.3, -0.25) is 15.0 Å². The van der Waals surface area contributed by atoms with E-state index in [0.717, 1.165) is 6.08 Å². The SMILES string of the molecule is COC1=CC(=O)C=C(C(C)=O)C1=N. The van der Waals surface area contributed by atoms with Crippen LogP contribution in [0.3, 0.4) is 0 Å². The minimum Gasteiger partial charge on any atom is -0.494 e. The van der Waals surface area contributed by atoms with Crippen LogP contribution in [0.5, 0.6) is 0 Å². The molecule has 1 N–H and O–H groups in total. The van der Waals surface area contributed by atoms with Gasteiger partial charge in [0.15, 0.2) is 11.6 Å². The largest absolute Gasteiger partial charge is 0.494 e. The second-order valence-electron chi connectivity index (χ2n) is 2.60. The number of rotatable bonds is 2. The average molecular weight is 179 g/mol. The number of hydrogen-bond donors (Lipinski definition) is 1. The lowest BCUT2D eigenvalue weighted by atomic mass is 9.98. The normalized spacial score (nSPS) is 16.5. The van der Waals surface area contributed by atoms with Crippen LogP contribution in [-0.2, 0) is 14.3 Å². The van der Waals surface area contributed by atoms with Crippen molar-refractivity contribution in [3.63, 3.8) is 0 Å². The number of hydrogen-bond acceptors (Lipinski definition) is 4. The maximum atomic E-state index is 11.0. The highest BCUT2D eigenvalue weighted by Crippen LogP contribution is 2.14. The van der Waals surface area contributed by atoms with Crippen LogP contribution in [0, 0.1) is 5.41 Å². The zero-order valence-corrected chi connectivity index (χ0v) is 7.38. The van der Waals surface area contributed by atoms with Gasteiger partial charge >= 0.3 is 0 Å². The summed E-state index contributed by atoms with van der Waals surface area (Å²) in [6.07, 6.45) is 2.34. The fourth-order valence-corrected chi connectivity index (χ4v) is 1.03. The highest BCUT2D eigenvalue weighted by molar-refractivity contribution is 6.32. The average Bonchev–Trinajstić information content (AvgIpc) is 2.08. The monoisotopic (exact) mass is 179 g/mol. The molecule has 0 amide bonds. The van der Waals surface area contributed by atoms with E-state index in [1.54, 1.807) is 0 Å². The molecule has 0 unspecified atom stereocenters. The Bertz CT molecular complexity index is 350. The van der Waals surface area contributed by atoms with E-state index in [4.69, 9.17) is 10.1 Å². The number of carbonyl (C=O) groups excluding carboxylic acids is 2. The molecule has 0 fully saturated rings. The zero-order chi connectivity index (χ0) is 10.0. The first-order chi connectivity index (χ1) is 6.06. The Balaban J connectivity index is 3.09. The van der Waals surface area contributed by atoms with E-state index in [9.17, 15) is 9.59 Å². The van der Waals surface area contributed by atoms with Crippen LogP contribution in [0.1, 0.15) is 6.92 Å². The highest BCUT2D eigenvalue weighted by atomic mass is 16.5. The molecule has 0 atom stereocenters. The van der Waals surface area contributed by atoms with E-state index in [-0.39, 0.29) is 28.6 Å². The summed E-state index contributed by atoms with van der Waals surface area (Å²) < 4.78 is 4.78. The van der Waals surface area contributed by atoms with Crippen LogP contribution >= 0.6 is 0 Å². The number of carbonyl (C=O) groups is 2. The first-order valence-corrected chi connectivity index (χ1v) is 3.68. The molecule has 0 saturated carbocycles. The predicted octanol–water partition coefficient (Wildman–Crippen LogP) is 0.635. The fraction of sp³-hybridized carbons (Fsp3) is 0.222. The second-order valence-corrected chi connectivity index (χ2v) is 2.60. The van der Waals surface area contributed by atoms with Crippen molar-refractivity contribution in [3.8, 4) is 0 Å². The van der Waals surface area contributed by atoms with Crippen molar-refractivity contribution >= 4 is 17.3 Å². The zero-order valence-electron chi connectivity index (χ0n) is 7.38. The molecule has 0 aliphatic heterocycles. The lowest BCUT2D eigenvalue weighted by Gasteiger charge is -2.12. The van der Waals surface area contributed by atoms with E-state index < -0.39 is 0 Å². The van der Waals surface area contributed by atoms with Gasteiger partial charge in [0.2, 0.25) is 0 Å². The van der Waals surface area contributed by atoms with E-state index in [2.05, 4.69) is 0 Å². The van der Waals surface area contributed by atoms with Crippen LogP contribution < -0.4 is 0 Å². The fourth-order valence-electron chi connectivity index (χ4n) is 1.03. The molecule has 4 heteroatoms. The topological polar surface area (TPSA) is 67.2 Å². The second kappa shape index (κ2) is 3.35. The van der Waals surface area contributed by atoms with E-state index in [1.807, 2.05) is 0 Å². The first kappa shape index (κ1) is 9.38. The maximum Gasteiger partial charge on any atom is 0.183 e. The van der Waals surface area contributed by atoms with Crippen molar-refractivity contribution in [1.29, 1.82) is 5.41 Å². The molecule has 1 aliphatic carbocycles. The van der Waals surface area contributed by atoms with Gasteiger partial charge < -0.3 is 4.74 Å². The molecule has 0 spiro atoms. The van der Waals surface area contributed by atoms with Crippen LogP contribution in [0.25, 0.3) is 0 Å². The third-order valence-electron chi connectivity index (χ3n) is 1.67. The van der Waals surface area contributed by atoms with E-state index in [1.165, 1.54) is 20.1 Å². The van der Waals surface area contributed by atoms with Gasteiger partial charge in [-0.15, -0.1) is 0 Å². The molecule has 0 aromatic heterocycles. The minimum atomic E-state index is -0.321. The molecule has 1 rings (SSSR count). The van der Waals surface area contributed by atoms with Crippen LogP contribution in [-0.4, -0.2) is 24.4 Å². The van der Waals surface area contributed by atoms with Crippen molar-refractivity contribution in [3.05, 3.63) is 23.5 Å². The minimum absolute atomic E-state index is 0.0328. The van der Waals surface area contributed by atoms with Gasteiger partial charge in [0, 0.05) is 11.6 Å². The highest BCUT2D eigenvalue weighted by Gasteiger charge is 2.21. The van der Waals surface area contributed by atoms with Crippen molar-refractivity contribution < 1.29 is 14.3 Å². The molecule has 0 aromatic carbocycles. The quantitative estimate of drug-likeness (QED) is 0.632. The van der Waals surface area contributed by atoms with Crippen LogP contribution in [0.2, 0.25) is 0 Å². The van der Waals surface area contributed by atoms with E-state index >= 15 is 0 Å². The Morgan fingerprint density at radius 2 is 2.08 bits per heavy atom. The molecule has 0 radical (unpaired) electrons. The van der Waals surface area contributed by atoms with Crippen LogP contribution in [0.4, 0.5) is 0 Å². The molecule has 0 bridgehead atoms. The summed E-state index contributed by atoms with van der Waals surface area (Å²) in [4.78, 5) is 22.0. The molecule has 4 nitrogen and oxygen atoms in total. The number of ether oxygens (including phenoxy) is 1. The van der Waals surface area contributed by atoms with Gasteiger partial charge in [-0.2, -0.15) is 0 Å². The Kier molecular flexibility index (Phi) is 2.41. The van der Waals surface area contributed by atoms with Gasteiger partial charge in [-0.25, -0.2) is 0 Å². The molecule has 1 aliphatic rings. The Labute approximate surface area is 75.4 Å². The molecule has 68 valence electrons. The number of methoxy groups -OCH3 is 1. The van der Waals surface area contributed by atoms with Crippen molar-refractivity contribution in [2.75, 3.05) is 7.11 Å². The summed E-state index contributed by atoms with van der Waals surface area (Å²) in [5.74, 6) is -0.489.